The molecule has 5 nitrogen and oxygen atoms in total. The lowest BCUT2D eigenvalue weighted by atomic mass is 10.0. The van der Waals surface area contributed by atoms with Gasteiger partial charge in [-0.1, -0.05) is 104 Å². The predicted octanol–water partition coefficient (Wildman–Crippen LogP) is 7.19. The lowest BCUT2D eigenvalue weighted by molar-refractivity contribution is -0.143. The van der Waals surface area contributed by atoms with Crippen molar-refractivity contribution in [2.45, 2.75) is 70.5 Å². The molecular weight excluding hydrogens is 531 g/mol. The summed E-state index contributed by atoms with van der Waals surface area (Å²) in [6.45, 7) is 4.18. The Morgan fingerprint density at radius 3 is 2.31 bits per heavy atom. The Balaban J connectivity index is 1.64. The number of halogens is 2. The second-order valence-corrected chi connectivity index (χ2v) is 11.3. The van der Waals surface area contributed by atoms with Crippen LogP contribution >= 0.6 is 23.2 Å². The fourth-order valence-corrected chi connectivity index (χ4v) is 5.39. The molecule has 1 N–H and O–H groups in total. The van der Waals surface area contributed by atoms with E-state index >= 15 is 0 Å². The number of carbonyl (C=O) groups excluding carboxylic acids is 2. The molecule has 0 saturated heterocycles. The Morgan fingerprint density at radius 2 is 1.62 bits per heavy atom. The lowest BCUT2D eigenvalue weighted by Crippen LogP contribution is -2.53. The highest BCUT2D eigenvalue weighted by Crippen LogP contribution is 2.27. The molecule has 0 bridgehead atoms. The van der Waals surface area contributed by atoms with Gasteiger partial charge in [0.1, 0.15) is 11.8 Å². The normalized spacial score (nSPS) is 14.3. The van der Waals surface area contributed by atoms with Crippen molar-refractivity contribution in [2.24, 2.45) is 0 Å². The minimum atomic E-state index is -0.723. The highest BCUT2D eigenvalue weighted by Gasteiger charge is 2.32. The van der Waals surface area contributed by atoms with E-state index in [9.17, 15) is 9.59 Å². The van der Waals surface area contributed by atoms with Gasteiger partial charge in [-0.25, -0.2) is 0 Å². The van der Waals surface area contributed by atoms with Crippen LogP contribution in [-0.2, 0) is 22.6 Å². The van der Waals surface area contributed by atoms with E-state index in [2.05, 4.69) is 19.2 Å². The molecule has 39 heavy (non-hydrogen) atoms. The van der Waals surface area contributed by atoms with Gasteiger partial charge in [0.25, 0.3) is 5.91 Å². The van der Waals surface area contributed by atoms with Gasteiger partial charge < -0.3 is 15.0 Å². The number of rotatable bonds is 11. The standard InChI is InChI=1S/C32H36Cl2N2O3/c1-22(2)26-14-8-9-15-30(26)39-21-31(37)36(20-24-16-17-27(33)28(34)18-24)29(19-23-10-4-3-5-11-23)32(38)35-25-12-6-7-13-25/h3-5,8-11,14-18,22,25,29H,6-7,12-13,19-21H2,1-2H3,(H,35,38)/t29-/m0/s1. The molecule has 4 rings (SSSR count). The summed E-state index contributed by atoms with van der Waals surface area (Å²) in [6.07, 6.45) is 4.50. The lowest BCUT2D eigenvalue weighted by Gasteiger charge is -2.32. The van der Waals surface area contributed by atoms with Gasteiger partial charge in [0.05, 0.1) is 10.0 Å². The first-order valence-electron chi connectivity index (χ1n) is 13.6. The fourth-order valence-electron chi connectivity index (χ4n) is 5.07. The van der Waals surface area contributed by atoms with Crippen LogP contribution in [0.15, 0.2) is 72.8 Å². The van der Waals surface area contributed by atoms with E-state index in [1.165, 1.54) is 0 Å². The van der Waals surface area contributed by atoms with Crippen molar-refractivity contribution in [3.8, 4) is 5.75 Å². The molecule has 1 atom stereocenters. The van der Waals surface area contributed by atoms with Gasteiger partial charge in [-0.3, -0.25) is 9.59 Å². The zero-order valence-corrected chi connectivity index (χ0v) is 24.0. The number of nitrogens with one attached hydrogen (secondary N) is 1. The highest BCUT2D eigenvalue weighted by molar-refractivity contribution is 6.42. The summed E-state index contributed by atoms with van der Waals surface area (Å²) < 4.78 is 6.07. The molecule has 0 unspecified atom stereocenters. The van der Waals surface area contributed by atoms with Crippen molar-refractivity contribution < 1.29 is 14.3 Å². The van der Waals surface area contributed by atoms with Gasteiger partial charge in [0.2, 0.25) is 5.91 Å². The van der Waals surface area contributed by atoms with Crippen molar-refractivity contribution >= 4 is 35.0 Å². The molecule has 2 amide bonds. The number of para-hydroxylation sites is 1. The van der Waals surface area contributed by atoms with Crippen molar-refractivity contribution in [3.05, 3.63) is 99.5 Å². The summed E-state index contributed by atoms with van der Waals surface area (Å²) in [7, 11) is 0. The first-order valence-corrected chi connectivity index (χ1v) is 14.4. The van der Waals surface area contributed by atoms with Crippen molar-refractivity contribution in [2.75, 3.05) is 6.61 Å². The van der Waals surface area contributed by atoms with Crippen LogP contribution < -0.4 is 10.1 Å². The minimum absolute atomic E-state index is 0.131. The maximum absolute atomic E-state index is 13.9. The second-order valence-electron chi connectivity index (χ2n) is 10.4. The van der Waals surface area contributed by atoms with Gasteiger partial charge in [0.15, 0.2) is 6.61 Å². The molecule has 206 valence electrons. The molecule has 1 saturated carbocycles. The number of amides is 2. The molecule has 0 aromatic heterocycles. The molecule has 0 heterocycles. The minimum Gasteiger partial charge on any atom is -0.483 e. The quantitative estimate of drug-likeness (QED) is 0.267. The molecule has 0 spiro atoms. The maximum atomic E-state index is 13.9. The van der Waals surface area contributed by atoms with Crippen LogP contribution in [0, 0.1) is 0 Å². The van der Waals surface area contributed by atoms with Gasteiger partial charge in [-0.05, 0) is 53.6 Å². The Hall–Kier alpha value is -3.02. The number of hydrogen-bond acceptors (Lipinski definition) is 3. The second kappa shape index (κ2) is 13.9. The van der Waals surface area contributed by atoms with Crippen LogP contribution in [0.3, 0.4) is 0 Å². The van der Waals surface area contributed by atoms with Gasteiger partial charge in [-0.15, -0.1) is 0 Å². The zero-order valence-electron chi connectivity index (χ0n) is 22.5. The van der Waals surface area contributed by atoms with E-state index in [0.29, 0.717) is 22.2 Å². The summed E-state index contributed by atoms with van der Waals surface area (Å²) in [4.78, 5) is 29.3. The summed E-state index contributed by atoms with van der Waals surface area (Å²) >= 11 is 12.5. The monoisotopic (exact) mass is 566 g/mol. The Bertz CT molecular complexity index is 1260. The first kappa shape index (κ1) is 29.0. The topological polar surface area (TPSA) is 58.6 Å². The summed E-state index contributed by atoms with van der Waals surface area (Å²) in [5.74, 6) is 0.487. The van der Waals surface area contributed by atoms with Gasteiger partial charge in [0, 0.05) is 19.0 Å². The van der Waals surface area contributed by atoms with Crippen LogP contribution in [0.1, 0.15) is 62.1 Å². The zero-order chi connectivity index (χ0) is 27.8. The maximum Gasteiger partial charge on any atom is 0.261 e. The van der Waals surface area contributed by atoms with E-state index < -0.39 is 6.04 Å². The van der Waals surface area contributed by atoms with Crippen LogP contribution in [0.4, 0.5) is 0 Å². The number of ether oxygens (including phenoxy) is 1. The molecular formula is C32H36Cl2N2O3. The van der Waals surface area contributed by atoms with E-state index in [0.717, 1.165) is 42.4 Å². The van der Waals surface area contributed by atoms with Crippen molar-refractivity contribution in [1.82, 2.24) is 10.2 Å². The third-order valence-corrected chi connectivity index (χ3v) is 7.94. The van der Waals surface area contributed by atoms with Crippen molar-refractivity contribution in [1.29, 1.82) is 0 Å². The number of carbonyl (C=O) groups is 2. The van der Waals surface area contributed by atoms with Gasteiger partial charge in [-0.2, -0.15) is 0 Å². The average Bonchev–Trinajstić information content (AvgIpc) is 3.45. The number of hydrogen-bond donors (Lipinski definition) is 1. The largest absolute Gasteiger partial charge is 0.483 e. The van der Waals surface area contributed by atoms with Crippen molar-refractivity contribution in [3.63, 3.8) is 0 Å². The highest BCUT2D eigenvalue weighted by atomic mass is 35.5. The number of benzene rings is 3. The molecule has 7 heteroatoms. The Morgan fingerprint density at radius 1 is 0.923 bits per heavy atom. The molecule has 1 fully saturated rings. The molecule has 1 aliphatic rings. The molecule has 0 aliphatic heterocycles. The summed E-state index contributed by atoms with van der Waals surface area (Å²) in [5.41, 5.74) is 2.79. The first-order chi connectivity index (χ1) is 18.8. The smallest absolute Gasteiger partial charge is 0.261 e. The van der Waals surface area contributed by atoms with Crippen LogP contribution in [0.25, 0.3) is 0 Å². The van der Waals surface area contributed by atoms with E-state index in [1.807, 2.05) is 60.7 Å². The SMILES string of the molecule is CC(C)c1ccccc1OCC(=O)N(Cc1ccc(Cl)c(Cl)c1)[C@@H](Cc1ccccc1)C(=O)NC1CCCC1. The predicted molar refractivity (Wildman–Crippen MR) is 157 cm³/mol. The fraction of sp³-hybridized carbons (Fsp3) is 0.375. The Labute approximate surface area is 241 Å². The van der Waals surface area contributed by atoms with E-state index in [4.69, 9.17) is 27.9 Å². The average molecular weight is 568 g/mol. The third kappa shape index (κ3) is 8.00. The Kier molecular flexibility index (Phi) is 10.3. The van der Waals surface area contributed by atoms with Gasteiger partial charge >= 0.3 is 0 Å². The molecule has 3 aromatic carbocycles. The summed E-state index contributed by atoms with van der Waals surface area (Å²) in [6, 6.07) is 22.2. The number of nitrogens with zero attached hydrogens (tertiary/aromatic N) is 1. The van der Waals surface area contributed by atoms with E-state index in [1.54, 1.807) is 17.0 Å². The van der Waals surface area contributed by atoms with Crippen LogP contribution in [0.5, 0.6) is 5.75 Å². The summed E-state index contributed by atoms with van der Waals surface area (Å²) in [5, 5.41) is 4.06. The van der Waals surface area contributed by atoms with Crippen LogP contribution in [0.2, 0.25) is 10.0 Å². The van der Waals surface area contributed by atoms with E-state index in [-0.39, 0.29) is 36.9 Å². The molecule has 3 aromatic rings. The van der Waals surface area contributed by atoms with Crippen LogP contribution in [-0.4, -0.2) is 35.4 Å². The third-order valence-electron chi connectivity index (χ3n) is 7.20. The molecule has 1 aliphatic carbocycles. The molecule has 0 radical (unpaired) electrons.